The quantitative estimate of drug-likeness (QED) is 0.872. The molecule has 1 atom stereocenters. The molecule has 114 valence electrons. The lowest BCUT2D eigenvalue weighted by Gasteiger charge is -2.13. The van der Waals surface area contributed by atoms with Gasteiger partial charge in [0.2, 0.25) is 0 Å². The fourth-order valence-corrected chi connectivity index (χ4v) is 1.96. The van der Waals surface area contributed by atoms with Crippen LogP contribution < -0.4 is 5.32 Å². The summed E-state index contributed by atoms with van der Waals surface area (Å²) in [4.78, 5) is 24.0. The van der Waals surface area contributed by atoms with Gasteiger partial charge in [-0.1, -0.05) is 29.3 Å². The van der Waals surface area contributed by atoms with Crippen molar-refractivity contribution in [3.8, 4) is 0 Å². The molecule has 0 radical (unpaired) electrons. The predicted octanol–water partition coefficient (Wildman–Crippen LogP) is 3.83. The van der Waals surface area contributed by atoms with Crippen molar-refractivity contribution in [3.63, 3.8) is 0 Å². The molecule has 0 heterocycles. The van der Waals surface area contributed by atoms with Crippen LogP contribution in [0.1, 0.15) is 22.8 Å². The molecule has 0 aromatic heterocycles. The van der Waals surface area contributed by atoms with E-state index in [1.165, 1.54) is 6.92 Å². The molecule has 0 unspecified atom stereocenters. The van der Waals surface area contributed by atoms with Crippen LogP contribution in [0.4, 0.5) is 5.69 Å². The van der Waals surface area contributed by atoms with Crippen LogP contribution in [-0.4, -0.2) is 18.0 Å². The Hall–Kier alpha value is -2.33. The number of anilines is 1. The summed E-state index contributed by atoms with van der Waals surface area (Å²) in [5, 5.41) is 3.24. The van der Waals surface area contributed by atoms with Gasteiger partial charge in [-0.25, -0.2) is 4.79 Å². The molecule has 0 fully saturated rings. The van der Waals surface area contributed by atoms with E-state index in [1.54, 1.807) is 42.5 Å². The average molecular weight is 318 g/mol. The maximum absolute atomic E-state index is 12.0. The Morgan fingerprint density at radius 2 is 1.82 bits per heavy atom. The number of benzene rings is 2. The van der Waals surface area contributed by atoms with E-state index in [0.717, 1.165) is 5.56 Å². The SMILES string of the molecule is Cc1cccc(C(=O)O[C@@H](C)C(=O)Nc2ccc(Cl)cc2)c1. The molecule has 0 saturated heterocycles. The van der Waals surface area contributed by atoms with E-state index in [0.29, 0.717) is 16.3 Å². The van der Waals surface area contributed by atoms with Gasteiger partial charge in [-0.3, -0.25) is 4.79 Å². The minimum Gasteiger partial charge on any atom is -0.449 e. The van der Waals surface area contributed by atoms with E-state index in [9.17, 15) is 9.59 Å². The third kappa shape index (κ3) is 4.33. The highest BCUT2D eigenvalue weighted by Crippen LogP contribution is 2.14. The molecule has 22 heavy (non-hydrogen) atoms. The zero-order chi connectivity index (χ0) is 16.1. The summed E-state index contributed by atoms with van der Waals surface area (Å²) in [5.74, 6) is -0.925. The summed E-state index contributed by atoms with van der Waals surface area (Å²) < 4.78 is 5.17. The van der Waals surface area contributed by atoms with Crippen molar-refractivity contribution in [2.24, 2.45) is 0 Å². The summed E-state index contributed by atoms with van der Waals surface area (Å²) in [7, 11) is 0. The third-order valence-electron chi connectivity index (χ3n) is 3.02. The van der Waals surface area contributed by atoms with Crippen LogP contribution in [0.15, 0.2) is 48.5 Å². The van der Waals surface area contributed by atoms with Gasteiger partial charge < -0.3 is 10.1 Å². The van der Waals surface area contributed by atoms with Gasteiger partial charge in [0, 0.05) is 10.7 Å². The Labute approximate surface area is 134 Å². The molecule has 0 spiro atoms. The Bertz CT molecular complexity index is 683. The first-order chi connectivity index (χ1) is 10.5. The first-order valence-corrected chi connectivity index (χ1v) is 7.17. The molecule has 1 amide bonds. The van der Waals surface area contributed by atoms with Crippen LogP contribution in [0.5, 0.6) is 0 Å². The summed E-state index contributed by atoms with van der Waals surface area (Å²) in [6.45, 7) is 3.41. The number of hydrogen-bond acceptors (Lipinski definition) is 3. The normalized spacial score (nSPS) is 11.6. The molecule has 1 N–H and O–H groups in total. The van der Waals surface area contributed by atoms with E-state index >= 15 is 0 Å². The molecule has 0 saturated carbocycles. The van der Waals surface area contributed by atoms with Crippen LogP contribution in [-0.2, 0) is 9.53 Å². The maximum Gasteiger partial charge on any atom is 0.338 e. The summed E-state index contributed by atoms with van der Waals surface area (Å²) in [5.41, 5.74) is 1.96. The number of carbonyl (C=O) groups is 2. The van der Waals surface area contributed by atoms with Crippen molar-refractivity contribution in [2.75, 3.05) is 5.32 Å². The fourth-order valence-electron chi connectivity index (χ4n) is 1.83. The minimum atomic E-state index is -0.899. The smallest absolute Gasteiger partial charge is 0.338 e. The molecular weight excluding hydrogens is 302 g/mol. The molecule has 2 rings (SSSR count). The molecule has 4 nitrogen and oxygen atoms in total. The Kier molecular flexibility index (Phi) is 5.17. The molecule has 5 heteroatoms. The lowest BCUT2D eigenvalue weighted by molar-refractivity contribution is -0.123. The number of hydrogen-bond donors (Lipinski definition) is 1. The van der Waals surface area contributed by atoms with Crippen LogP contribution in [0, 0.1) is 6.92 Å². The van der Waals surface area contributed by atoms with Gasteiger partial charge in [0.25, 0.3) is 5.91 Å². The van der Waals surface area contributed by atoms with Gasteiger partial charge in [0.05, 0.1) is 5.56 Å². The number of ether oxygens (including phenoxy) is 1. The van der Waals surface area contributed by atoms with E-state index in [2.05, 4.69) is 5.32 Å². The van der Waals surface area contributed by atoms with E-state index in [-0.39, 0.29) is 0 Å². The monoisotopic (exact) mass is 317 g/mol. The number of carbonyl (C=O) groups excluding carboxylic acids is 2. The van der Waals surface area contributed by atoms with Gasteiger partial charge >= 0.3 is 5.97 Å². The van der Waals surface area contributed by atoms with Crippen molar-refractivity contribution in [3.05, 3.63) is 64.7 Å². The highest BCUT2D eigenvalue weighted by Gasteiger charge is 2.19. The predicted molar refractivity (Wildman–Crippen MR) is 86.1 cm³/mol. The number of aryl methyl sites for hydroxylation is 1. The van der Waals surface area contributed by atoms with Gasteiger partial charge in [0.15, 0.2) is 6.10 Å². The zero-order valence-electron chi connectivity index (χ0n) is 12.3. The number of halogens is 1. The van der Waals surface area contributed by atoms with Crippen LogP contribution in [0.2, 0.25) is 5.02 Å². The average Bonchev–Trinajstić information content (AvgIpc) is 2.49. The maximum atomic E-state index is 12.0. The van der Waals surface area contributed by atoms with Crippen LogP contribution in [0.25, 0.3) is 0 Å². The summed E-state index contributed by atoms with van der Waals surface area (Å²) in [6, 6.07) is 13.7. The first kappa shape index (κ1) is 16.0. The second kappa shape index (κ2) is 7.09. The number of esters is 1. The molecule has 0 aliphatic rings. The van der Waals surface area contributed by atoms with Crippen LogP contribution in [0.3, 0.4) is 0 Å². The Balaban J connectivity index is 1.96. The molecule has 2 aromatic rings. The zero-order valence-corrected chi connectivity index (χ0v) is 13.1. The van der Waals surface area contributed by atoms with Crippen molar-refractivity contribution >= 4 is 29.2 Å². The van der Waals surface area contributed by atoms with Crippen LogP contribution >= 0.6 is 11.6 Å². The van der Waals surface area contributed by atoms with E-state index in [4.69, 9.17) is 16.3 Å². The topological polar surface area (TPSA) is 55.4 Å². The highest BCUT2D eigenvalue weighted by atomic mass is 35.5. The highest BCUT2D eigenvalue weighted by molar-refractivity contribution is 6.30. The largest absolute Gasteiger partial charge is 0.449 e. The first-order valence-electron chi connectivity index (χ1n) is 6.80. The molecule has 0 aliphatic heterocycles. The third-order valence-corrected chi connectivity index (χ3v) is 3.27. The second-order valence-corrected chi connectivity index (χ2v) is 5.35. The van der Waals surface area contributed by atoms with Crippen molar-refractivity contribution in [1.82, 2.24) is 0 Å². The summed E-state index contributed by atoms with van der Waals surface area (Å²) in [6.07, 6.45) is -0.899. The van der Waals surface area contributed by atoms with E-state index < -0.39 is 18.0 Å². The molecule has 0 bridgehead atoms. The molecule has 0 aliphatic carbocycles. The van der Waals surface area contributed by atoms with Gasteiger partial charge in [-0.15, -0.1) is 0 Å². The van der Waals surface area contributed by atoms with Gasteiger partial charge in [-0.05, 0) is 50.2 Å². The lowest BCUT2D eigenvalue weighted by Crippen LogP contribution is -2.30. The number of amides is 1. The van der Waals surface area contributed by atoms with E-state index in [1.807, 2.05) is 13.0 Å². The molecule has 2 aromatic carbocycles. The minimum absolute atomic E-state index is 0.400. The van der Waals surface area contributed by atoms with Gasteiger partial charge in [0.1, 0.15) is 0 Å². The number of nitrogens with one attached hydrogen (secondary N) is 1. The second-order valence-electron chi connectivity index (χ2n) is 4.91. The molecular formula is C17H16ClNO3. The standard InChI is InChI=1S/C17H16ClNO3/c1-11-4-3-5-13(10-11)17(21)22-12(2)16(20)19-15-8-6-14(18)7-9-15/h3-10,12H,1-2H3,(H,19,20)/t12-/m0/s1. The van der Waals surface area contributed by atoms with Crippen molar-refractivity contribution in [2.45, 2.75) is 20.0 Å². The van der Waals surface area contributed by atoms with Crippen molar-refractivity contribution in [1.29, 1.82) is 0 Å². The number of rotatable bonds is 4. The van der Waals surface area contributed by atoms with Gasteiger partial charge in [-0.2, -0.15) is 0 Å². The fraction of sp³-hybridized carbons (Fsp3) is 0.176. The Morgan fingerprint density at radius 1 is 1.14 bits per heavy atom. The Morgan fingerprint density at radius 3 is 2.45 bits per heavy atom. The lowest BCUT2D eigenvalue weighted by atomic mass is 10.1. The van der Waals surface area contributed by atoms with Crippen molar-refractivity contribution < 1.29 is 14.3 Å². The summed E-state index contributed by atoms with van der Waals surface area (Å²) >= 11 is 5.78.